The van der Waals surface area contributed by atoms with E-state index in [1.165, 1.54) is 16.8 Å². The Morgan fingerprint density at radius 3 is 2.73 bits per heavy atom. The molecule has 1 saturated heterocycles. The monoisotopic (exact) mass is 353 g/mol. The number of amides is 1. The zero-order valence-electron chi connectivity index (χ0n) is 15.9. The van der Waals surface area contributed by atoms with E-state index >= 15 is 0 Å². The number of hydrogen-bond donors (Lipinski definition) is 0. The minimum atomic E-state index is 0.0321. The van der Waals surface area contributed by atoms with Crippen LogP contribution in [0.5, 0.6) is 0 Å². The van der Waals surface area contributed by atoms with Crippen LogP contribution in [0.25, 0.3) is 0 Å². The number of aromatic nitrogens is 1. The molecule has 5 heteroatoms. The summed E-state index contributed by atoms with van der Waals surface area (Å²) in [6.45, 7) is 9.66. The van der Waals surface area contributed by atoms with Crippen molar-refractivity contribution in [3.63, 3.8) is 0 Å². The lowest BCUT2D eigenvalue weighted by atomic mass is 9.88. The summed E-state index contributed by atoms with van der Waals surface area (Å²) < 4.78 is 5.46. The van der Waals surface area contributed by atoms with Gasteiger partial charge in [-0.05, 0) is 49.8 Å². The highest BCUT2D eigenvalue weighted by molar-refractivity contribution is 5.94. The fourth-order valence-corrected chi connectivity index (χ4v) is 4.11. The van der Waals surface area contributed by atoms with Gasteiger partial charge in [-0.2, -0.15) is 0 Å². The van der Waals surface area contributed by atoms with Crippen molar-refractivity contribution >= 4 is 11.6 Å². The Kier molecular flexibility index (Phi) is 4.47. The van der Waals surface area contributed by atoms with E-state index in [9.17, 15) is 4.79 Å². The van der Waals surface area contributed by atoms with Crippen LogP contribution in [0.4, 0.5) is 5.69 Å². The second-order valence-corrected chi connectivity index (χ2v) is 7.85. The first-order valence-electron chi connectivity index (χ1n) is 9.62. The minimum Gasteiger partial charge on any atom is -0.368 e. The normalized spacial score (nSPS) is 20.2. The van der Waals surface area contributed by atoms with Crippen LogP contribution in [0.2, 0.25) is 0 Å². The molecule has 0 spiro atoms. The van der Waals surface area contributed by atoms with Gasteiger partial charge in [-0.1, -0.05) is 24.2 Å². The molecule has 2 heterocycles. The summed E-state index contributed by atoms with van der Waals surface area (Å²) >= 11 is 0. The standard InChI is InChI=1S/C21H27N3O2/c1-14-5-7-19-17(12-14)20(22-26-19)21(25)24-10-8-23(9-11-24)18-13-15(2)4-6-16(18)3/h4,6,13-14H,5,7-12H2,1-3H3/t14-/m0/s1. The van der Waals surface area contributed by atoms with Crippen LogP contribution in [0.3, 0.4) is 0 Å². The smallest absolute Gasteiger partial charge is 0.276 e. The van der Waals surface area contributed by atoms with E-state index in [4.69, 9.17) is 4.52 Å². The molecule has 1 aromatic heterocycles. The summed E-state index contributed by atoms with van der Waals surface area (Å²) in [5, 5.41) is 4.13. The van der Waals surface area contributed by atoms with Crippen molar-refractivity contribution in [3.8, 4) is 0 Å². The first kappa shape index (κ1) is 17.1. The average molecular weight is 353 g/mol. The molecule has 1 fully saturated rings. The number of nitrogens with zero attached hydrogens (tertiary/aromatic N) is 3. The number of aryl methyl sites for hydroxylation is 3. The molecular formula is C21H27N3O2. The second kappa shape index (κ2) is 6.78. The van der Waals surface area contributed by atoms with Crippen LogP contribution in [0.15, 0.2) is 22.7 Å². The maximum atomic E-state index is 13.0. The maximum absolute atomic E-state index is 13.0. The van der Waals surface area contributed by atoms with E-state index in [0.29, 0.717) is 11.6 Å². The van der Waals surface area contributed by atoms with Crippen LogP contribution in [0, 0.1) is 19.8 Å². The molecule has 0 N–H and O–H groups in total. The molecule has 2 aliphatic rings. The van der Waals surface area contributed by atoms with Gasteiger partial charge in [0.1, 0.15) is 5.76 Å². The van der Waals surface area contributed by atoms with Gasteiger partial charge in [-0.3, -0.25) is 4.79 Å². The van der Waals surface area contributed by atoms with Crippen LogP contribution < -0.4 is 4.90 Å². The summed E-state index contributed by atoms with van der Waals surface area (Å²) in [6, 6.07) is 6.56. The highest BCUT2D eigenvalue weighted by atomic mass is 16.5. The predicted octanol–water partition coefficient (Wildman–Crippen LogP) is 3.38. The van der Waals surface area contributed by atoms with Crippen molar-refractivity contribution in [2.24, 2.45) is 5.92 Å². The molecule has 0 unspecified atom stereocenters. The molecule has 5 nitrogen and oxygen atoms in total. The van der Waals surface area contributed by atoms with E-state index in [1.54, 1.807) is 0 Å². The van der Waals surface area contributed by atoms with Crippen LogP contribution in [-0.2, 0) is 12.8 Å². The Hall–Kier alpha value is -2.30. The second-order valence-electron chi connectivity index (χ2n) is 7.85. The van der Waals surface area contributed by atoms with Gasteiger partial charge in [-0.15, -0.1) is 0 Å². The SMILES string of the molecule is Cc1ccc(C)c(N2CCN(C(=O)c3noc4c3C[C@@H](C)CC4)CC2)c1. The van der Waals surface area contributed by atoms with Crippen molar-refractivity contribution in [1.82, 2.24) is 10.1 Å². The molecule has 1 aliphatic carbocycles. The summed E-state index contributed by atoms with van der Waals surface area (Å²) in [4.78, 5) is 17.3. The minimum absolute atomic E-state index is 0.0321. The Morgan fingerprint density at radius 2 is 1.96 bits per heavy atom. The summed E-state index contributed by atoms with van der Waals surface area (Å²) in [5.41, 5.74) is 5.43. The predicted molar refractivity (Wildman–Crippen MR) is 102 cm³/mol. The third kappa shape index (κ3) is 3.11. The van der Waals surface area contributed by atoms with Gasteiger partial charge in [0, 0.05) is 43.9 Å². The van der Waals surface area contributed by atoms with E-state index in [-0.39, 0.29) is 5.91 Å². The van der Waals surface area contributed by atoms with Crippen molar-refractivity contribution < 1.29 is 9.32 Å². The van der Waals surface area contributed by atoms with Gasteiger partial charge >= 0.3 is 0 Å². The lowest BCUT2D eigenvalue weighted by Gasteiger charge is -2.36. The van der Waals surface area contributed by atoms with E-state index in [0.717, 1.165) is 56.8 Å². The first-order chi connectivity index (χ1) is 12.5. The Balaban J connectivity index is 1.46. The first-order valence-corrected chi connectivity index (χ1v) is 9.62. The Bertz CT molecular complexity index is 819. The third-order valence-electron chi connectivity index (χ3n) is 5.76. The van der Waals surface area contributed by atoms with Crippen molar-refractivity contribution in [2.45, 2.75) is 40.0 Å². The van der Waals surface area contributed by atoms with Gasteiger partial charge in [0.25, 0.3) is 5.91 Å². The number of benzene rings is 1. The molecule has 138 valence electrons. The highest BCUT2D eigenvalue weighted by Crippen LogP contribution is 2.29. The fraction of sp³-hybridized carbons (Fsp3) is 0.524. The number of rotatable bonds is 2. The number of carbonyl (C=O) groups is 1. The number of carbonyl (C=O) groups excluding carboxylic acids is 1. The van der Waals surface area contributed by atoms with E-state index < -0.39 is 0 Å². The molecule has 0 bridgehead atoms. The zero-order chi connectivity index (χ0) is 18.3. The topological polar surface area (TPSA) is 49.6 Å². The van der Waals surface area contributed by atoms with E-state index in [2.05, 4.69) is 49.0 Å². The number of fused-ring (bicyclic) bond motifs is 1. The Morgan fingerprint density at radius 1 is 1.19 bits per heavy atom. The summed E-state index contributed by atoms with van der Waals surface area (Å²) in [6.07, 6.45) is 2.92. The molecule has 1 aromatic carbocycles. The lowest BCUT2D eigenvalue weighted by Crippen LogP contribution is -2.49. The molecule has 0 radical (unpaired) electrons. The molecule has 26 heavy (non-hydrogen) atoms. The Labute approximate surface area is 155 Å². The zero-order valence-corrected chi connectivity index (χ0v) is 15.9. The lowest BCUT2D eigenvalue weighted by molar-refractivity contribution is 0.0735. The fourth-order valence-electron chi connectivity index (χ4n) is 4.11. The number of anilines is 1. The van der Waals surface area contributed by atoms with Crippen molar-refractivity contribution in [3.05, 3.63) is 46.3 Å². The van der Waals surface area contributed by atoms with Crippen molar-refractivity contribution in [1.29, 1.82) is 0 Å². The number of piperazine rings is 1. The van der Waals surface area contributed by atoms with Gasteiger partial charge in [0.15, 0.2) is 5.69 Å². The van der Waals surface area contributed by atoms with E-state index in [1.807, 2.05) is 4.90 Å². The van der Waals surface area contributed by atoms with Gasteiger partial charge in [0.05, 0.1) is 0 Å². The highest BCUT2D eigenvalue weighted by Gasteiger charge is 2.31. The average Bonchev–Trinajstić information content (AvgIpc) is 3.06. The van der Waals surface area contributed by atoms with Crippen LogP contribution >= 0.6 is 0 Å². The third-order valence-corrected chi connectivity index (χ3v) is 5.76. The maximum Gasteiger partial charge on any atom is 0.276 e. The van der Waals surface area contributed by atoms with Gasteiger partial charge in [-0.25, -0.2) is 0 Å². The summed E-state index contributed by atoms with van der Waals surface area (Å²) in [7, 11) is 0. The molecule has 4 rings (SSSR count). The van der Waals surface area contributed by atoms with Crippen molar-refractivity contribution in [2.75, 3.05) is 31.1 Å². The molecular weight excluding hydrogens is 326 g/mol. The quantitative estimate of drug-likeness (QED) is 0.830. The van der Waals surface area contributed by atoms with Crippen LogP contribution in [0.1, 0.15) is 46.3 Å². The largest absolute Gasteiger partial charge is 0.368 e. The van der Waals surface area contributed by atoms with Crippen LogP contribution in [-0.4, -0.2) is 42.1 Å². The molecule has 2 aromatic rings. The van der Waals surface area contributed by atoms with Gasteiger partial charge in [0.2, 0.25) is 0 Å². The summed E-state index contributed by atoms with van der Waals surface area (Å²) in [5.74, 6) is 1.54. The van der Waals surface area contributed by atoms with Gasteiger partial charge < -0.3 is 14.3 Å². The molecule has 1 aliphatic heterocycles. The number of hydrogen-bond acceptors (Lipinski definition) is 4. The molecule has 1 atom stereocenters. The molecule has 0 saturated carbocycles. The molecule has 1 amide bonds.